The van der Waals surface area contributed by atoms with Crippen LogP contribution in [0.1, 0.15) is 25.7 Å². The van der Waals surface area contributed by atoms with Gasteiger partial charge in [-0.15, -0.1) is 11.8 Å². The van der Waals surface area contributed by atoms with Crippen LogP contribution in [0.4, 0.5) is 4.39 Å². The molecule has 1 aliphatic rings. The van der Waals surface area contributed by atoms with Crippen molar-refractivity contribution in [3.8, 4) is 0 Å². The average molecular weight is 311 g/mol. The Morgan fingerprint density at radius 2 is 2.00 bits per heavy atom. The predicted molar refractivity (Wildman–Crippen MR) is 78.6 cm³/mol. The Bertz CT molecular complexity index is 506. The summed E-state index contributed by atoms with van der Waals surface area (Å²) in [4.78, 5) is 23.6. The van der Waals surface area contributed by atoms with Crippen molar-refractivity contribution in [1.82, 2.24) is 5.32 Å². The van der Waals surface area contributed by atoms with E-state index in [0.29, 0.717) is 25.0 Å². The fourth-order valence-electron chi connectivity index (χ4n) is 2.43. The molecule has 1 aliphatic carbocycles. The number of hydrogen-bond acceptors (Lipinski definition) is 3. The van der Waals surface area contributed by atoms with E-state index in [4.69, 9.17) is 5.11 Å². The van der Waals surface area contributed by atoms with E-state index in [0.717, 1.165) is 11.3 Å². The van der Waals surface area contributed by atoms with Gasteiger partial charge in [0.1, 0.15) is 5.82 Å². The number of carbonyl (C=O) groups excluding carboxylic acids is 1. The highest BCUT2D eigenvalue weighted by Crippen LogP contribution is 2.26. The molecule has 2 atom stereocenters. The summed E-state index contributed by atoms with van der Waals surface area (Å²) in [6, 6.07) is 6.15. The molecule has 0 unspecified atom stereocenters. The minimum Gasteiger partial charge on any atom is -0.481 e. The molecule has 0 aromatic heterocycles. The Balaban J connectivity index is 1.66. The predicted octanol–water partition coefficient (Wildman–Crippen LogP) is 2.68. The summed E-state index contributed by atoms with van der Waals surface area (Å²) in [5.41, 5.74) is 0. The molecule has 0 bridgehead atoms. The molecule has 114 valence electrons. The lowest BCUT2D eigenvalue weighted by atomic mass is 10.1. The number of hydrogen-bond donors (Lipinski definition) is 2. The molecule has 1 fully saturated rings. The summed E-state index contributed by atoms with van der Waals surface area (Å²) in [6.07, 6.45) is 2.25. The van der Waals surface area contributed by atoms with E-state index in [1.807, 2.05) is 0 Å². The molecule has 1 aromatic rings. The van der Waals surface area contributed by atoms with E-state index in [-0.39, 0.29) is 23.7 Å². The molecular formula is C15H18FNO3S. The second-order valence-electron chi connectivity index (χ2n) is 5.17. The number of carbonyl (C=O) groups is 2. The van der Waals surface area contributed by atoms with Gasteiger partial charge in [0, 0.05) is 23.1 Å². The van der Waals surface area contributed by atoms with Crippen molar-refractivity contribution in [3.63, 3.8) is 0 Å². The quantitative estimate of drug-likeness (QED) is 0.793. The number of aliphatic carboxylic acids is 1. The molecule has 1 aromatic carbocycles. The standard InChI is InChI=1S/C15H18FNO3S/c16-11-2-5-13(6-3-11)21-8-7-14(18)17-12-4-1-10(9-12)15(19)20/h2-3,5-6,10,12H,1,4,7-9H2,(H,17,18)(H,19,20)/t10-,12+/m1/s1. The maximum Gasteiger partial charge on any atom is 0.306 e. The Hall–Kier alpha value is -1.56. The third-order valence-corrected chi connectivity index (χ3v) is 4.57. The van der Waals surface area contributed by atoms with Crippen LogP contribution in [0.25, 0.3) is 0 Å². The fraction of sp³-hybridized carbons (Fsp3) is 0.467. The third kappa shape index (κ3) is 5.04. The summed E-state index contributed by atoms with van der Waals surface area (Å²) >= 11 is 1.50. The lowest BCUT2D eigenvalue weighted by molar-refractivity contribution is -0.141. The van der Waals surface area contributed by atoms with Gasteiger partial charge in [0.05, 0.1) is 5.92 Å². The van der Waals surface area contributed by atoms with Gasteiger partial charge in [-0.3, -0.25) is 9.59 Å². The molecule has 0 radical (unpaired) electrons. The van der Waals surface area contributed by atoms with E-state index in [2.05, 4.69) is 5.32 Å². The van der Waals surface area contributed by atoms with Crippen LogP contribution in [0.3, 0.4) is 0 Å². The van der Waals surface area contributed by atoms with Gasteiger partial charge in [0.2, 0.25) is 5.91 Å². The number of thioether (sulfide) groups is 1. The van der Waals surface area contributed by atoms with E-state index < -0.39 is 5.97 Å². The van der Waals surface area contributed by atoms with Crippen LogP contribution in [-0.4, -0.2) is 28.8 Å². The minimum atomic E-state index is -0.779. The molecule has 0 spiro atoms. The number of amides is 1. The topological polar surface area (TPSA) is 66.4 Å². The van der Waals surface area contributed by atoms with Gasteiger partial charge in [0.25, 0.3) is 0 Å². The SMILES string of the molecule is O=C(CCSc1ccc(F)cc1)N[C@H]1CC[C@@H](C(=O)O)C1. The molecule has 4 nitrogen and oxygen atoms in total. The van der Waals surface area contributed by atoms with E-state index in [9.17, 15) is 14.0 Å². The molecule has 1 amide bonds. The number of benzene rings is 1. The average Bonchev–Trinajstić information content (AvgIpc) is 2.90. The van der Waals surface area contributed by atoms with Crippen molar-refractivity contribution in [2.24, 2.45) is 5.92 Å². The largest absolute Gasteiger partial charge is 0.481 e. The summed E-state index contributed by atoms with van der Waals surface area (Å²) in [5.74, 6) is -0.818. The van der Waals surface area contributed by atoms with Crippen molar-refractivity contribution in [2.45, 2.75) is 36.6 Å². The van der Waals surface area contributed by atoms with Gasteiger partial charge in [-0.05, 0) is 43.5 Å². The van der Waals surface area contributed by atoms with Crippen LogP contribution in [0.15, 0.2) is 29.2 Å². The van der Waals surface area contributed by atoms with Crippen LogP contribution >= 0.6 is 11.8 Å². The van der Waals surface area contributed by atoms with Crippen LogP contribution in [-0.2, 0) is 9.59 Å². The van der Waals surface area contributed by atoms with Crippen LogP contribution in [0, 0.1) is 11.7 Å². The molecule has 0 aliphatic heterocycles. The zero-order valence-corrected chi connectivity index (χ0v) is 12.4. The highest BCUT2D eigenvalue weighted by Gasteiger charge is 2.30. The Morgan fingerprint density at radius 1 is 1.29 bits per heavy atom. The van der Waals surface area contributed by atoms with Crippen molar-refractivity contribution in [2.75, 3.05) is 5.75 Å². The first-order chi connectivity index (χ1) is 10.0. The summed E-state index contributed by atoms with van der Waals surface area (Å²) < 4.78 is 12.7. The number of carboxylic acids is 1. The molecule has 6 heteroatoms. The first-order valence-electron chi connectivity index (χ1n) is 6.95. The first-order valence-corrected chi connectivity index (χ1v) is 7.93. The van der Waals surface area contributed by atoms with Gasteiger partial charge in [-0.1, -0.05) is 0 Å². The van der Waals surface area contributed by atoms with E-state index in [1.165, 1.54) is 23.9 Å². The number of nitrogens with one attached hydrogen (secondary N) is 1. The van der Waals surface area contributed by atoms with Crippen LogP contribution in [0.2, 0.25) is 0 Å². The van der Waals surface area contributed by atoms with Crippen molar-refractivity contribution < 1.29 is 19.1 Å². The van der Waals surface area contributed by atoms with Crippen LogP contribution < -0.4 is 5.32 Å². The molecule has 2 rings (SSSR count). The minimum absolute atomic E-state index is 0.0191. The summed E-state index contributed by atoms with van der Waals surface area (Å²) in [6.45, 7) is 0. The molecule has 21 heavy (non-hydrogen) atoms. The highest BCUT2D eigenvalue weighted by molar-refractivity contribution is 7.99. The van der Waals surface area contributed by atoms with Crippen molar-refractivity contribution in [3.05, 3.63) is 30.1 Å². The smallest absolute Gasteiger partial charge is 0.306 e. The zero-order chi connectivity index (χ0) is 15.2. The maximum atomic E-state index is 12.7. The number of carboxylic acid groups (broad SMARTS) is 1. The lowest BCUT2D eigenvalue weighted by Gasteiger charge is -2.12. The second-order valence-corrected chi connectivity index (χ2v) is 6.33. The van der Waals surface area contributed by atoms with Crippen molar-refractivity contribution >= 4 is 23.6 Å². The monoisotopic (exact) mass is 311 g/mol. The number of halogens is 1. The summed E-state index contributed by atoms with van der Waals surface area (Å²) in [7, 11) is 0. The normalized spacial score (nSPS) is 21.2. The Morgan fingerprint density at radius 3 is 2.62 bits per heavy atom. The number of rotatable bonds is 6. The van der Waals surface area contributed by atoms with Gasteiger partial charge >= 0.3 is 5.97 Å². The van der Waals surface area contributed by atoms with Gasteiger partial charge in [-0.25, -0.2) is 4.39 Å². The van der Waals surface area contributed by atoms with Crippen LogP contribution in [0.5, 0.6) is 0 Å². The fourth-order valence-corrected chi connectivity index (χ4v) is 3.28. The molecule has 2 N–H and O–H groups in total. The molecular weight excluding hydrogens is 293 g/mol. The second kappa shape index (κ2) is 7.45. The summed E-state index contributed by atoms with van der Waals surface area (Å²) in [5, 5.41) is 11.8. The maximum absolute atomic E-state index is 12.7. The third-order valence-electron chi connectivity index (χ3n) is 3.56. The van der Waals surface area contributed by atoms with Gasteiger partial charge in [0.15, 0.2) is 0 Å². The molecule has 1 saturated carbocycles. The highest BCUT2D eigenvalue weighted by atomic mass is 32.2. The lowest BCUT2D eigenvalue weighted by Crippen LogP contribution is -2.33. The van der Waals surface area contributed by atoms with Crippen molar-refractivity contribution in [1.29, 1.82) is 0 Å². The molecule has 0 saturated heterocycles. The van der Waals surface area contributed by atoms with E-state index in [1.54, 1.807) is 12.1 Å². The molecule has 0 heterocycles. The van der Waals surface area contributed by atoms with E-state index >= 15 is 0 Å². The zero-order valence-electron chi connectivity index (χ0n) is 11.5. The van der Waals surface area contributed by atoms with Gasteiger partial charge < -0.3 is 10.4 Å². The van der Waals surface area contributed by atoms with Gasteiger partial charge in [-0.2, -0.15) is 0 Å². The Kier molecular flexibility index (Phi) is 5.61. The Labute approximate surface area is 127 Å². The first kappa shape index (κ1) is 15.8.